The van der Waals surface area contributed by atoms with Gasteiger partial charge in [-0.15, -0.1) is 0 Å². The van der Waals surface area contributed by atoms with Gasteiger partial charge in [0.05, 0.1) is 16.1 Å². The normalized spacial score (nSPS) is 17.2. The third kappa shape index (κ3) is 5.34. The van der Waals surface area contributed by atoms with Crippen molar-refractivity contribution >= 4 is 35.0 Å². The molecule has 10 heteroatoms. The van der Waals surface area contributed by atoms with Crippen LogP contribution in [0.4, 0.5) is 6.01 Å². The van der Waals surface area contributed by atoms with Crippen LogP contribution in [-0.4, -0.2) is 41.4 Å². The van der Waals surface area contributed by atoms with Gasteiger partial charge in [-0.05, 0) is 59.9 Å². The number of carbonyl (C=O) groups is 1. The Labute approximate surface area is 259 Å². The number of benzene rings is 3. The standard InChI is InChI=1S/C34H28ClN5O4/c1-20-24(19-43-33-11-32(25(17-41)8-29(33)35)42-18-22-7-21(12-36)13-37-14-22)3-2-4-28(20)23-5-6-31-30(9-23)39-34(44-31)40-16-26-10-27(40)15-38-26/h2-9,11,13-14,17,26-27,38H,10,15-16,18-19H2,1H3/t26-,27-/m0/s1. The Morgan fingerprint density at radius 3 is 2.82 bits per heavy atom. The van der Waals surface area contributed by atoms with Gasteiger partial charge < -0.3 is 24.1 Å². The maximum absolute atomic E-state index is 11.7. The van der Waals surface area contributed by atoms with Crippen molar-refractivity contribution in [2.45, 2.75) is 38.6 Å². The predicted molar refractivity (Wildman–Crippen MR) is 166 cm³/mol. The van der Waals surface area contributed by atoms with Crippen LogP contribution < -0.4 is 19.7 Å². The third-order valence-corrected chi connectivity index (χ3v) is 8.62. The molecule has 0 spiro atoms. The lowest BCUT2D eigenvalue weighted by molar-refractivity contribution is 0.111. The first-order valence-corrected chi connectivity index (χ1v) is 14.7. The van der Waals surface area contributed by atoms with Crippen molar-refractivity contribution in [3.63, 3.8) is 0 Å². The molecule has 2 saturated heterocycles. The summed E-state index contributed by atoms with van der Waals surface area (Å²) in [5.41, 5.74) is 7.20. The van der Waals surface area contributed by atoms with Gasteiger partial charge in [-0.25, -0.2) is 0 Å². The number of carbonyl (C=O) groups excluding carboxylic acids is 1. The zero-order chi connectivity index (χ0) is 30.2. The maximum Gasteiger partial charge on any atom is 0.298 e. The number of nitriles is 1. The lowest BCUT2D eigenvalue weighted by Crippen LogP contribution is -2.43. The first-order valence-electron chi connectivity index (χ1n) is 14.4. The Morgan fingerprint density at radius 1 is 1.14 bits per heavy atom. The minimum Gasteiger partial charge on any atom is -0.488 e. The fourth-order valence-electron chi connectivity index (χ4n) is 5.98. The second-order valence-corrected chi connectivity index (χ2v) is 11.5. The summed E-state index contributed by atoms with van der Waals surface area (Å²) in [6.07, 6.45) is 4.90. The molecule has 0 amide bonds. The van der Waals surface area contributed by atoms with E-state index in [2.05, 4.69) is 46.4 Å². The van der Waals surface area contributed by atoms with Crippen molar-refractivity contribution in [3.05, 3.63) is 99.8 Å². The SMILES string of the molecule is Cc1c(COc2cc(OCc3cncc(C#N)c3)c(C=O)cc2Cl)cccc1-c1ccc2oc(N3C[C@@H]4C[C@H]3CN4)nc2c1. The summed E-state index contributed by atoms with van der Waals surface area (Å²) < 4.78 is 18.2. The zero-order valence-corrected chi connectivity index (χ0v) is 24.7. The van der Waals surface area contributed by atoms with E-state index >= 15 is 0 Å². The first kappa shape index (κ1) is 27.9. The van der Waals surface area contributed by atoms with Gasteiger partial charge in [0.2, 0.25) is 0 Å². The van der Waals surface area contributed by atoms with Gasteiger partial charge in [-0.1, -0.05) is 35.9 Å². The highest BCUT2D eigenvalue weighted by Gasteiger charge is 2.39. The highest BCUT2D eigenvalue weighted by molar-refractivity contribution is 6.32. The fourth-order valence-corrected chi connectivity index (χ4v) is 6.20. The Bertz CT molecular complexity index is 1930. The molecule has 0 aliphatic carbocycles. The van der Waals surface area contributed by atoms with Crippen LogP contribution in [0.15, 0.2) is 71.4 Å². The van der Waals surface area contributed by atoms with Crippen LogP contribution in [0.5, 0.6) is 11.5 Å². The molecule has 220 valence electrons. The van der Waals surface area contributed by atoms with Crippen molar-refractivity contribution < 1.29 is 18.7 Å². The molecule has 0 radical (unpaired) electrons. The van der Waals surface area contributed by atoms with Crippen molar-refractivity contribution in [2.75, 3.05) is 18.0 Å². The van der Waals surface area contributed by atoms with Crippen molar-refractivity contribution in [1.29, 1.82) is 5.26 Å². The monoisotopic (exact) mass is 605 g/mol. The van der Waals surface area contributed by atoms with E-state index in [4.69, 9.17) is 35.7 Å². The fraction of sp³-hybridized carbons (Fsp3) is 0.235. The molecule has 3 aromatic carbocycles. The molecule has 44 heavy (non-hydrogen) atoms. The molecule has 5 aromatic rings. The number of pyridine rings is 1. The van der Waals surface area contributed by atoms with Crippen LogP contribution in [0.25, 0.3) is 22.2 Å². The van der Waals surface area contributed by atoms with E-state index in [1.165, 1.54) is 12.3 Å². The lowest BCUT2D eigenvalue weighted by atomic mass is 9.96. The Kier molecular flexibility index (Phi) is 7.38. The number of ether oxygens (including phenoxy) is 2. The van der Waals surface area contributed by atoms with E-state index in [-0.39, 0.29) is 13.2 Å². The maximum atomic E-state index is 11.7. The Balaban J connectivity index is 1.09. The summed E-state index contributed by atoms with van der Waals surface area (Å²) in [5.74, 6) is 0.717. The first-order chi connectivity index (χ1) is 21.5. The topological polar surface area (TPSA) is 114 Å². The number of aromatic nitrogens is 2. The van der Waals surface area contributed by atoms with Crippen LogP contribution in [-0.2, 0) is 13.2 Å². The summed E-state index contributed by atoms with van der Waals surface area (Å²) in [5, 5.41) is 12.9. The van der Waals surface area contributed by atoms with Crippen LogP contribution in [0.1, 0.15) is 39.0 Å². The average Bonchev–Trinajstić information content (AvgIpc) is 3.80. The second-order valence-electron chi connectivity index (χ2n) is 11.1. The van der Waals surface area contributed by atoms with Crippen LogP contribution in [0, 0.1) is 18.3 Å². The summed E-state index contributed by atoms with van der Waals surface area (Å²) >= 11 is 6.49. The van der Waals surface area contributed by atoms with Gasteiger partial charge in [-0.3, -0.25) is 9.78 Å². The minimum atomic E-state index is 0.124. The van der Waals surface area contributed by atoms with Crippen LogP contribution >= 0.6 is 11.6 Å². The van der Waals surface area contributed by atoms with E-state index in [1.807, 2.05) is 18.2 Å². The van der Waals surface area contributed by atoms with E-state index in [1.54, 1.807) is 18.3 Å². The average molecular weight is 606 g/mol. The van der Waals surface area contributed by atoms with Crippen molar-refractivity contribution in [2.24, 2.45) is 0 Å². The number of fused-ring (bicyclic) bond motifs is 3. The number of rotatable bonds is 9. The van der Waals surface area contributed by atoms with E-state index in [0.717, 1.165) is 52.9 Å². The van der Waals surface area contributed by atoms with Gasteiger partial charge in [0.15, 0.2) is 11.9 Å². The molecule has 0 saturated carbocycles. The van der Waals surface area contributed by atoms with Gasteiger partial charge in [0.25, 0.3) is 6.01 Å². The van der Waals surface area contributed by atoms with Crippen molar-refractivity contribution in [3.8, 4) is 28.7 Å². The van der Waals surface area contributed by atoms with Gasteiger partial charge in [0.1, 0.15) is 36.3 Å². The van der Waals surface area contributed by atoms with Crippen LogP contribution in [0.2, 0.25) is 5.02 Å². The quantitative estimate of drug-likeness (QED) is 0.195. The van der Waals surface area contributed by atoms with Gasteiger partial charge in [-0.2, -0.15) is 10.2 Å². The smallest absolute Gasteiger partial charge is 0.298 e. The highest BCUT2D eigenvalue weighted by atomic mass is 35.5. The minimum absolute atomic E-state index is 0.124. The molecule has 2 aromatic heterocycles. The summed E-state index contributed by atoms with van der Waals surface area (Å²) in [7, 11) is 0. The number of nitrogens with one attached hydrogen (secondary N) is 1. The largest absolute Gasteiger partial charge is 0.488 e. The summed E-state index contributed by atoms with van der Waals surface area (Å²) in [6.45, 7) is 4.34. The molecular weight excluding hydrogens is 578 g/mol. The molecule has 2 aliphatic heterocycles. The van der Waals surface area contributed by atoms with Gasteiger partial charge >= 0.3 is 0 Å². The van der Waals surface area contributed by atoms with E-state index < -0.39 is 0 Å². The van der Waals surface area contributed by atoms with Gasteiger partial charge in [0, 0.05) is 49.2 Å². The zero-order valence-electron chi connectivity index (χ0n) is 23.9. The van der Waals surface area contributed by atoms with Crippen LogP contribution in [0.3, 0.4) is 0 Å². The molecule has 2 atom stereocenters. The summed E-state index contributed by atoms with van der Waals surface area (Å²) in [4.78, 5) is 22.9. The number of piperazine rings is 1. The number of anilines is 1. The van der Waals surface area contributed by atoms with E-state index in [0.29, 0.717) is 57.6 Å². The Hall–Kier alpha value is -4.91. The third-order valence-electron chi connectivity index (χ3n) is 8.33. The molecular formula is C34H28ClN5O4. The molecule has 2 fully saturated rings. The number of halogens is 1. The predicted octanol–water partition coefficient (Wildman–Crippen LogP) is 6.24. The van der Waals surface area contributed by atoms with E-state index in [9.17, 15) is 4.79 Å². The number of aldehydes is 1. The Morgan fingerprint density at radius 2 is 2.02 bits per heavy atom. The molecule has 0 unspecified atom stereocenters. The number of oxazole rings is 1. The number of nitrogens with zero attached hydrogens (tertiary/aromatic N) is 4. The molecule has 7 rings (SSSR count). The molecule has 9 nitrogen and oxygen atoms in total. The number of hydrogen-bond donors (Lipinski definition) is 1. The lowest BCUT2D eigenvalue weighted by Gasteiger charge is -2.25. The molecule has 1 N–H and O–H groups in total. The summed E-state index contributed by atoms with van der Waals surface area (Å²) in [6, 6.07) is 20.7. The molecule has 2 aliphatic rings. The van der Waals surface area contributed by atoms with Crippen molar-refractivity contribution in [1.82, 2.24) is 15.3 Å². The molecule has 4 heterocycles. The second kappa shape index (κ2) is 11.6. The highest BCUT2D eigenvalue weighted by Crippen LogP contribution is 2.36. The number of hydrogen-bond acceptors (Lipinski definition) is 9. The molecule has 2 bridgehead atoms.